The van der Waals surface area contributed by atoms with Gasteiger partial charge in [-0.05, 0) is 30.2 Å². The number of halogens is 1. The van der Waals surface area contributed by atoms with Crippen LogP contribution in [0.5, 0.6) is 0 Å². The van der Waals surface area contributed by atoms with Crippen molar-refractivity contribution in [2.75, 3.05) is 5.06 Å². The van der Waals surface area contributed by atoms with Crippen molar-refractivity contribution < 1.29 is 4.84 Å². The molecule has 102 valence electrons. The summed E-state index contributed by atoms with van der Waals surface area (Å²) in [6, 6.07) is 14.9. The van der Waals surface area contributed by atoms with Gasteiger partial charge in [0.1, 0.15) is 0 Å². The second kappa shape index (κ2) is 4.51. The Morgan fingerprint density at radius 2 is 2.05 bits per heavy atom. The highest BCUT2D eigenvalue weighted by molar-refractivity contribution is 6.31. The van der Waals surface area contributed by atoms with Gasteiger partial charge in [0.05, 0.1) is 17.8 Å². The minimum Gasteiger partial charge on any atom is -0.269 e. The molecule has 2 aliphatic rings. The average molecular weight is 286 g/mol. The number of anilines is 1. The predicted octanol–water partition coefficient (Wildman–Crippen LogP) is 4.46. The third kappa shape index (κ3) is 1.83. The first kappa shape index (κ1) is 12.2. The number of fused-ring (bicyclic) bond motifs is 4. The summed E-state index contributed by atoms with van der Waals surface area (Å²) in [5.74, 6) is 0. The topological polar surface area (TPSA) is 12.5 Å². The Balaban J connectivity index is 1.79. The van der Waals surface area contributed by atoms with Crippen molar-refractivity contribution in [1.82, 2.24) is 0 Å². The first-order valence-electron chi connectivity index (χ1n) is 7.02. The fourth-order valence-corrected chi connectivity index (χ4v) is 3.57. The van der Waals surface area contributed by atoms with Gasteiger partial charge in [-0.25, -0.2) is 5.06 Å². The van der Waals surface area contributed by atoms with Crippen molar-refractivity contribution >= 4 is 17.3 Å². The zero-order valence-electron chi connectivity index (χ0n) is 11.3. The Morgan fingerprint density at radius 3 is 2.90 bits per heavy atom. The first-order valence-corrected chi connectivity index (χ1v) is 7.40. The van der Waals surface area contributed by atoms with Crippen molar-refractivity contribution in [1.29, 1.82) is 0 Å². The molecule has 0 aromatic heterocycles. The third-order valence-corrected chi connectivity index (χ3v) is 4.56. The number of hydrogen-bond acceptors (Lipinski definition) is 2. The van der Waals surface area contributed by atoms with Crippen molar-refractivity contribution in [3.05, 3.63) is 64.2 Å². The Kier molecular flexibility index (Phi) is 2.76. The van der Waals surface area contributed by atoms with E-state index in [4.69, 9.17) is 16.4 Å². The van der Waals surface area contributed by atoms with Crippen LogP contribution in [-0.4, -0.2) is 6.10 Å². The minimum absolute atomic E-state index is 0.220. The van der Waals surface area contributed by atoms with Crippen LogP contribution >= 0.6 is 11.6 Å². The number of hydroxylamine groups is 1. The lowest BCUT2D eigenvalue weighted by Gasteiger charge is -2.30. The molecule has 2 atom stereocenters. The molecule has 0 amide bonds. The van der Waals surface area contributed by atoms with Crippen molar-refractivity contribution in [3.8, 4) is 0 Å². The predicted molar refractivity (Wildman–Crippen MR) is 81.0 cm³/mol. The lowest BCUT2D eigenvalue weighted by atomic mass is 10.00. The molecule has 4 rings (SSSR count). The summed E-state index contributed by atoms with van der Waals surface area (Å²) >= 11 is 6.36. The van der Waals surface area contributed by atoms with Gasteiger partial charge in [0.15, 0.2) is 0 Å². The molecule has 2 nitrogen and oxygen atoms in total. The Morgan fingerprint density at radius 1 is 1.20 bits per heavy atom. The molecule has 0 radical (unpaired) electrons. The van der Waals surface area contributed by atoms with E-state index in [0.717, 1.165) is 23.4 Å². The normalized spacial score (nSPS) is 23.8. The second-order valence-corrected chi connectivity index (χ2v) is 6.07. The molecule has 2 aromatic carbocycles. The van der Waals surface area contributed by atoms with Crippen LogP contribution in [0, 0.1) is 6.92 Å². The van der Waals surface area contributed by atoms with Crippen molar-refractivity contribution in [2.45, 2.75) is 31.9 Å². The molecule has 2 bridgehead atoms. The molecule has 0 aliphatic carbocycles. The van der Waals surface area contributed by atoms with E-state index in [9.17, 15) is 0 Å². The van der Waals surface area contributed by atoms with Gasteiger partial charge in [0.2, 0.25) is 0 Å². The van der Waals surface area contributed by atoms with Crippen LogP contribution in [0.3, 0.4) is 0 Å². The maximum Gasteiger partial charge on any atom is 0.0921 e. The fourth-order valence-electron chi connectivity index (χ4n) is 3.30. The molecule has 1 unspecified atom stereocenters. The molecule has 1 saturated heterocycles. The molecule has 2 aromatic rings. The summed E-state index contributed by atoms with van der Waals surface area (Å²) in [7, 11) is 0. The van der Waals surface area contributed by atoms with Gasteiger partial charge >= 0.3 is 0 Å². The maximum absolute atomic E-state index is 6.36. The van der Waals surface area contributed by atoms with E-state index < -0.39 is 0 Å². The van der Waals surface area contributed by atoms with Crippen molar-refractivity contribution in [2.24, 2.45) is 0 Å². The average Bonchev–Trinajstić information content (AvgIpc) is 2.77. The van der Waals surface area contributed by atoms with E-state index in [1.807, 2.05) is 18.2 Å². The quantitative estimate of drug-likeness (QED) is 0.767. The van der Waals surface area contributed by atoms with Crippen LogP contribution in [0.4, 0.5) is 5.69 Å². The van der Waals surface area contributed by atoms with E-state index in [0.29, 0.717) is 0 Å². The van der Waals surface area contributed by atoms with E-state index >= 15 is 0 Å². The first-order chi connectivity index (χ1) is 9.72. The van der Waals surface area contributed by atoms with Gasteiger partial charge in [0, 0.05) is 17.9 Å². The minimum atomic E-state index is 0.220. The van der Waals surface area contributed by atoms with Crippen LogP contribution in [0.15, 0.2) is 42.5 Å². The number of hydrogen-bond donors (Lipinski definition) is 0. The highest BCUT2D eigenvalue weighted by atomic mass is 35.5. The molecule has 20 heavy (non-hydrogen) atoms. The number of rotatable bonds is 1. The lowest BCUT2D eigenvalue weighted by molar-refractivity contribution is 0.0734. The zero-order chi connectivity index (χ0) is 13.7. The molecular formula is C17H16ClNO. The molecule has 0 spiro atoms. The number of aryl methyl sites for hydroxylation is 1. The summed E-state index contributed by atoms with van der Waals surface area (Å²) in [6.45, 7) is 2.14. The summed E-state index contributed by atoms with van der Waals surface area (Å²) in [6.07, 6.45) is 2.26. The third-order valence-electron chi connectivity index (χ3n) is 4.22. The maximum atomic E-state index is 6.36. The summed E-state index contributed by atoms with van der Waals surface area (Å²) in [4.78, 5) is 6.06. The highest BCUT2D eigenvalue weighted by Gasteiger charge is 2.40. The molecule has 0 N–H and O–H groups in total. The van der Waals surface area contributed by atoms with E-state index in [1.165, 1.54) is 16.8 Å². The summed E-state index contributed by atoms with van der Waals surface area (Å²) in [5, 5.41) is 2.88. The summed E-state index contributed by atoms with van der Waals surface area (Å²) in [5.41, 5.74) is 5.04. The standard InChI is InChI=1S/C17H16ClNO/c1-11-6-7-16-12(8-11)9-13-10-17(19(16)20-13)14-4-2-3-5-15(14)18/h2-8,13,17H,9-10H2,1H3/t13?,17-/m1/s1. The molecule has 2 aliphatic heterocycles. The van der Waals surface area contributed by atoms with E-state index in [2.05, 4.69) is 36.3 Å². The van der Waals surface area contributed by atoms with Gasteiger partial charge in [-0.1, -0.05) is 47.5 Å². The Bertz CT molecular complexity index is 670. The van der Waals surface area contributed by atoms with Crippen LogP contribution in [0.2, 0.25) is 5.02 Å². The zero-order valence-corrected chi connectivity index (χ0v) is 12.1. The Hall–Kier alpha value is -1.51. The number of benzene rings is 2. The molecule has 2 heterocycles. The molecule has 1 fully saturated rings. The van der Waals surface area contributed by atoms with E-state index in [-0.39, 0.29) is 12.1 Å². The van der Waals surface area contributed by atoms with Crippen LogP contribution in [-0.2, 0) is 11.3 Å². The SMILES string of the molecule is Cc1ccc2c(c1)CC1C[C@H](c3ccccc3Cl)N2O1. The highest BCUT2D eigenvalue weighted by Crippen LogP contribution is 2.46. The van der Waals surface area contributed by atoms with Crippen molar-refractivity contribution in [3.63, 3.8) is 0 Å². The van der Waals surface area contributed by atoms with Gasteiger partial charge < -0.3 is 0 Å². The summed E-state index contributed by atoms with van der Waals surface area (Å²) < 4.78 is 0. The van der Waals surface area contributed by atoms with Gasteiger partial charge in [-0.15, -0.1) is 0 Å². The second-order valence-electron chi connectivity index (χ2n) is 5.66. The van der Waals surface area contributed by atoms with E-state index in [1.54, 1.807) is 0 Å². The fraction of sp³-hybridized carbons (Fsp3) is 0.294. The van der Waals surface area contributed by atoms with Crippen LogP contribution < -0.4 is 5.06 Å². The number of nitrogens with zero attached hydrogens (tertiary/aromatic N) is 1. The van der Waals surface area contributed by atoms with Gasteiger partial charge in [-0.2, -0.15) is 0 Å². The lowest BCUT2D eigenvalue weighted by Crippen LogP contribution is -2.27. The van der Waals surface area contributed by atoms with Crippen LogP contribution in [0.1, 0.15) is 29.2 Å². The van der Waals surface area contributed by atoms with Crippen LogP contribution in [0.25, 0.3) is 0 Å². The van der Waals surface area contributed by atoms with Gasteiger partial charge in [-0.3, -0.25) is 4.84 Å². The monoisotopic (exact) mass is 285 g/mol. The van der Waals surface area contributed by atoms with Gasteiger partial charge in [0.25, 0.3) is 0 Å². The molecular weight excluding hydrogens is 270 g/mol. The molecule has 0 saturated carbocycles. The Labute approximate surface area is 123 Å². The smallest absolute Gasteiger partial charge is 0.0921 e. The largest absolute Gasteiger partial charge is 0.269 e. The molecule has 3 heteroatoms.